The first-order valence-corrected chi connectivity index (χ1v) is 12.4. The number of carbonyl (C=O) groups is 1. The van der Waals surface area contributed by atoms with Crippen LogP contribution in [0.25, 0.3) is 10.2 Å². The molecule has 0 N–H and O–H groups in total. The fourth-order valence-corrected chi connectivity index (χ4v) is 5.63. The van der Waals surface area contributed by atoms with Gasteiger partial charge in [-0.2, -0.15) is 4.99 Å². The Hall–Kier alpha value is -2.16. The number of hydrogen-bond donors (Lipinski definition) is 0. The summed E-state index contributed by atoms with van der Waals surface area (Å²) in [7, 11) is -3.59. The van der Waals surface area contributed by atoms with Crippen LogP contribution < -0.4 is 4.80 Å². The molecular weight excluding hydrogens is 412 g/mol. The van der Waals surface area contributed by atoms with Crippen LogP contribution in [-0.2, 0) is 26.9 Å². The minimum absolute atomic E-state index is 0.175. The van der Waals surface area contributed by atoms with E-state index >= 15 is 0 Å². The minimum Gasteiger partial charge on any atom is -0.313 e. The molecule has 5 nitrogen and oxygen atoms in total. The number of hydrogen-bond acceptors (Lipinski definition) is 5. The summed E-state index contributed by atoms with van der Waals surface area (Å²) in [5, 5.41) is 0. The molecular formula is C20H20N2O3S3. The van der Waals surface area contributed by atoms with Crippen LogP contribution in [0.3, 0.4) is 0 Å². The molecule has 0 bridgehead atoms. The van der Waals surface area contributed by atoms with Crippen molar-refractivity contribution >= 4 is 49.1 Å². The summed E-state index contributed by atoms with van der Waals surface area (Å²) in [5.74, 6) is -1.45. The maximum atomic E-state index is 12.4. The molecule has 0 unspecified atom stereocenters. The molecule has 0 saturated carbocycles. The zero-order valence-electron chi connectivity index (χ0n) is 15.4. The molecule has 0 atom stereocenters. The van der Waals surface area contributed by atoms with Crippen LogP contribution in [0.5, 0.6) is 0 Å². The van der Waals surface area contributed by atoms with Gasteiger partial charge in [-0.05, 0) is 30.0 Å². The van der Waals surface area contributed by atoms with E-state index < -0.39 is 21.5 Å². The van der Waals surface area contributed by atoms with Gasteiger partial charge >= 0.3 is 0 Å². The molecule has 1 amide bonds. The molecule has 0 aliphatic carbocycles. The molecule has 2 aromatic carbocycles. The number of thiazole rings is 1. The van der Waals surface area contributed by atoms with E-state index in [2.05, 4.69) is 11.6 Å². The Kier molecular flexibility index (Phi) is 6.53. The summed E-state index contributed by atoms with van der Waals surface area (Å²) in [6.45, 7) is 4.25. The number of amides is 1. The van der Waals surface area contributed by atoms with Crippen LogP contribution in [0.2, 0.25) is 0 Å². The summed E-state index contributed by atoms with van der Waals surface area (Å²) in [5.41, 5.74) is 1.60. The van der Waals surface area contributed by atoms with Gasteiger partial charge in [0.25, 0.3) is 5.91 Å². The molecule has 0 radical (unpaired) electrons. The number of thioether (sulfide) groups is 1. The molecule has 0 saturated heterocycles. The predicted octanol–water partition coefficient (Wildman–Crippen LogP) is 3.65. The third kappa shape index (κ3) is 5.01. The van der Waals surface area contributed by atoms with E-state index in [-0.39, 0.29) is 5.75 Å². The number of carbonyl (C=O) groups excluding carboxylic acids is 1. The summed E-state index contributed by atoms with van der Waals surface area (Å²) in [4.78, 5) is 18.1. The van der Waals surface area contributed by atoms with Gasteiger partial charge < -0.3 is 4.57 Å². The van der Waals surface area contributed by atoms with E-state index in [9.17, 15) is 13.2 Å². The van der Waals surface area contributed by atoms with Gasteiger partial charge in [0.1, 0.15) is 5.75 Å². The Bertz CT molecular complexity index is 1180. The van der Waals surface area contributed by atoms with E-state index in [1.165, 1.54) is 11.3 Å². The van der Waals surface area contributed by atoms with Gasteiger partial charge in [0.15, 0.2) is 14.6 Å². The van der Waals surface area contributed by atoms with Crippen molar-refractivity contribution in [3.63, 3.8) is 0 Å². The molecule has 0 aliphatic heterocycles. The lowest BCUT2D eigenvalue weighted by molar-refractivity contribution is -0.115. The van der Waals surface area contributed by atoms with Crippen LogP contribution in [0.1, 0.15) is 5.56 Å². The quantitative estimate of drug-likeness (QED) is 0.422. The standard InChI is InChI=1S/C20H20N2O3S3/c1-3-11-22-17-10-9-16(26-2)12-18(17)27-20(22)21-19(23)14-28(24,25)13-15-7-5-4-6-8-15/h3-10,12H,1,11,13-14H2,2H3. The van der Waals surface area contributed by atoms with E-state index in [4.69, 9.17) is 0 Å². The van der Waals surface area contributed by atoms with Crippen molar-refractivity contribution in [3.8, 4) is 0 Å². The Morgan fingerprint density at radius 3 is 2.68 bits per heavy atom. The Balaban J connectivity index is 1.91. The fraction of sp³-hybridized carbons (Fsp3) is 0.200. The van der Waals surface area contributed by atoms with Crippen LogP contribution in [0.15, 0.2) is 71.1 Å². The average molecular weight is 433 g/mol. The lowest BCUT2D eigenvalue weighted by Gasteiger charge is -2.03. The first-order valence-electron chi connectivity index (χ1n) is 8.52. The van der Waals surface area contributed by atoms with Crippen molar-refractivity contribution in [2.75, 3.05) is 12.0 Å². The second-order valence-electron chi connectivity index (χ2n) is 6.14. The first-order chi connectivity index (χ1) is 13.4. The second kappa shape index (κ2) is 8.89. The number of fused-ring (bicyclic) bond motifs is 1. The second-order valence-corrected chi connectivity index (χ2v) is 10.1. The highest BCUT2D eigenvalue weighted by molar-refractivity contribution is 7.98. The average Bonchev–Trinajstić information content (AvgIpc) is 2.98. The van der Waals surface area contributed by atoms with Crippen LogP contribution in [0, 0.1) is 0 Å². The van der Waals surface area contributed by atoms with E-state index in [1.54, 1.807) is 42.1 Å². The van der Waals surface area contributed by atoms with Gasteiger partial charge in [-0.1, -0.05) is 47.7 Å². The molecule has 8 heteroatoms. The summed E-state index contributed by atoms with van der Waals surface area (Å²) < 4.78 is 27.6. The largest absolute Gasteiger partial charge is 0.313 e. The molecule has 146 valence electrons. The van der Waals surface area contributed by atoms with Crippen LogP contribution in [-0.4, -0.2) is 30.9 Å². The molecule has 3 rings (SSSR count). The minimum atomic E-state index is -3.59. The number of nitrogens with zero attached hydrogens (tertiary/aromatic N) is 2. The molecule has 0 fully saturated rings. The SMILES string of the molecule is C=CCn1c(=NC(=O)CS(=O)(=O)Cc2ccccc2)sc2cc(SC)ccc21. The number of allylic oxidation sites excluding steroid dienone is 1. The van der Waals surface area contributed by atoms with Crippen LogP contribution >= 0.6 is 23.1 Å². The molecule has 1 aromatic heterocycles. The third-order valence-electron chi connectivity index (χ3n) is 3.99. The van der Waals surface area contributed by atoms with Gasteiger partial charge in [0.05, 0.1) is 16.0 Å². The summed E-state index contributed by atoms with van der Waals surface area (Å²) in [6.07, 6.45) is 3.73. The number of sulfone groups is 1. The highest BCUT2D eigenvalue weighted by atomic mass is 32.2. The van der Waals surface area contributed by atoms with Crippen molar-refractivity contribution in [2.45, 2.75) is 17.2 Å². The molecule has 3 aromatic rings. The number of rotatable bonds is 7. The summed E-state index contributed by atoms with van der Waals surface area (Å²) >= 11 is 3.01. The molecule has 0 aliphatic rings. The normalized spacial score (nSPS) is 12.4. The maximum absolute atomic E-state index is 12.4. The van der Waals surface area contributed by atoms with E-state index in [0.717, 1.165) is 15.1 Å². The lowest BCUT2D eigenvalue weighted by Crippen LogP contribution is -2.21. The van der Waals surface area contributed by atoms with Gasteiger partial charge in [-0.25, -0.2) is 8.42 Å². The van der Waals surface area contributed by atoms with Crippen molar-refractivity contribution < 1.29 is 13.2 Å². The molecule has 1 heterocycles. The van der Waals surface area contributed by atoms with E-state index in [1.807, 2.05) is 35.1 Å². The lowest BCUT2D eigenvalue weighted by atomic mass is 10.2. The van der Waals surface area contributed by atoms with Gasteiger partial charge in [0, 0.05) is 11.4 Å². The Morgan fingerprint density at radius 2 is 2.00 bits per heavy atom. The smallest absolute Gasteiger partial charge is 0.263 e. The third-order valence-corrected chi connectivity index (χ3v) is 7.22. The number of aromatic nitrogens is 1. The maximum Gasteiger partial charge on any atom is 0.263 e. The van der Waals surface area contributed by atoms with E-state index in [0.29, 0.717) is 16.9 Å². The first kappa shape index (κ1) is 20.6. The van der Waals surface area contributed by atoms with Gasteiger partial charge in [-0.3, -0.25) is 4.79 Å². The zero-order chi connectivity index (χ0) is 20.1. The highest BCUT2D eigenvalue weighted by Gasteiger charge is 2.17. The Labute approximate surface area is 172 Å². The van der Waals surface area contributed by atoms with Crippen molar-refractivity contribution in [3.05, 3.63) is 71.6 Å². The van der Waals surface area contributed by atoms with Gasteiger partial charge in [0.2, 0.25) is 0 Å². The van der Waals surface area contributed by atoms with Gasteiger partial charge in [-0.15, -0.1) is 18.3 Å². The Morgan fingerprint density at radius 1 is 1.25 bits per heavy atom. The predicted molar refractivity (Wildman–Crippen MR) is 116 cm³/mol. The highest BCUT2D eigenvalue weighted by Crippen LogP contribution is 2.24. The summed E-state index contributed by atoms with van der Waals surface area (Å²) in [6, 6.07) is 14.9. The van der Waals surface area contributed by atoms with Crippen molar-refractivity contribution in [1.29, 1.82) is 0 Å². The topological polar surface area (TPSA) is 68.5 Å². The monoisotopic (exact) mass is 432 g/mol. The molecule has 0 spiro atoms. The van der Waals surface area contributed by atoms with Crippen LogP contribution in [0.4, 0.5) is 0 Å². The zero-order valence-corrected chi connectivity index (χ0v) is 17.8. The van der Waals surface area contributed by atoms with Crippen molar-refractivity contribution in [1.82, 2.24) is 4.57 Å². The molecule has 28 heavy (non-hydrogen) atoms. The number of benzene rings is 2. The fourth-order valence-electron chi connectivity index (χ4n) is 2.78. The van der Waals surface area contributed by atoms with Crippen molar-refractivity contribution in [2.24, 2.45) is 4.99 Å².